The van der Waals surface area contributed by atoms with Crippen molar-refractivity contribution in [2.45, 2.75) is 38.3 Å². The predicted octanol–water partition coefficient (Wildman–Crippen LogP) is 1.61. The number of nitrogens with zero attached hydrogens (tertiary/aromatic N) is 2. The molecular formula is C20H30IN5O3. The molecular weight excluding hydrogens is 485 g/mol. The van der Waals surface area contributed by atoms with Gasteiger partial charge in [-0.25, -0.2) is 4.79 Å². The number of amides is 3. The van der Waals surface area contributed by atoms with Gasteiger partial charge in [0.1, 0.15) is 5.54 Å². The molecule has 3 rings (SSSR count). The molecule has 3 amide bonds. The van der Waals surface area contributed by atoms with Crippen LogP contribution in [-0.2, 0) is 4.79 Å². The van der Waals surface area contributed by atoms with Gasteiger partial charge >= 0.3 is 6.03 Å². The highest BCUT2D eigenvalue weighted by atomic mass is 127. The molecule has 2 atom stereocenters. The largest absolute Gasteiger partial charge is 0.386 e. The molecule has 4 N–H and O–H groups in total. The normalized spacial score (nSPS) is 23.8. The number of carbonyl (C=O) groups is 2. The monoisotopic (exact) mass is 515 g/mol. The van der Waals surface area contributed by atoms with E-state index in [2.05, 4.69) is 25.8 Å². The van der Waals surface area contributed by atoms with Crippen LogP contribution >= 0.6 is 24.0 Å². The van der Waals surface area contributed by atoms with E-state index in [1.54, 1.807) is 6.92 Å². The average Bonchev–Trinajstić information content (AvgIpc) is 2.98. The molecule has 0 spiro atoms. The van der Waals surface area contributed by atoms with Crippen LogP contribution in [0.3, 0.4) is 0 Å². The number of nitrogens with one attached hydrogen (secondary N) is 3. The zero-order valence-electron chi connectivity index (χ0n) is 16.9. The third-order valence-electron chi connectivity index (χ3n) is 5.62. The van der Waals surface area contributed by atoms with Crippen molar-refractivity contribution < 1.29 is 14.7 Å². The number of hydrogen-bond acceptors (Lipinski definition) is 4. The third kappa shape index (κ3) is 5.39. The minimum Gasteiger partial charge on any atom is -0.386 e. The van der Waals surface area contributed by atoms with Gasteiger partial charge in [-0.05, 0) is 38.2 Å². The zero-order chi connectivity index (χ0) is 20.1. The SMILES string of the molecule is CCNC(=NCC(O)c1ccccc1)N1CCC(C2(C)NC(=O)NC2=O)CC1.I. The second kappa shape index (κ2) is 10.2. The Balaban J connectivity index is 0.00000300. The lowest BCUT2D eigenvalue weighted by Crippen LogP contribution is -2.55. The number of piperidine rings is 1. The lowest BCUT2D eigenvalue weighted by atomic mass is 9.79. The van der Waals surface area contributed by atoms with E-state index in [9.17, 15) is 14.7 Å². The Morgan fingerprint density at radius 1 is 1.31 bits per heavy atom. The predicted molar refractivity (Wildman–Crippen MR) is 122 cm³/mol. The maximum atomic E-state index is 12.2. The summed E-state index contributed by atoms with van der Waals surface area (Å²) in [6.07, 6.45) is 0.898. The van der Waals surface area contributed by atoms with Crippen molar-refractivity contribution in [3.63, 3.8) is 0 Å². The van der Waals surface area contributed by atoms with E-state index < -0.39 is 17.7 Å². The molecule has 2 aliphatic heterocycles. The van der Waals surface area contributed by atoms with E-state index in [4.69, 9.17) is 0 Å². The molecule has 1 aromatic carbocycles. The van der Waals surface area contributed by atoms with Crippen LogP contribution in [0, 0.1) is 5.92 Å². The molecule has 2 heterocycles. The van der Waals surface area contributed by atoms with E-state index in [0.717, 1.165) is 44.0 Å². The highest BCUT2D eigenvalue weighted by molar-refractivity contribution is 14.0. The fourth-order valence-corrected chi connectivity index (χ4v) is 3.89. The number of carbonyl (C=O) groups excluding carboxylic acids is 2. The van der Waals surface area contributed by atoms with Gasteiger partial charge < -0.3 is 20.6 Å². The standard InChI is InChI=1S/C20H29N5O3.HI/c1-3-21-18(22-13-16(26)14-7-5-4-6-8-14)25-11-9-15(10-12-25)20(2)17(27)23-19(28)24-20;/h4-8,15-16,26H,3,9-13H2,1-2H3,(H,21,22)(H2,23,24,27,28);1H. The lowest BCUT2D eigenvalue weighted by Gasteiger charge is -2.39. The van der Waals surface area contributed by atoms with Gasteiger partial charge in [0.2, 0.25) is 0 Å². The van der Waals surface area contributed by atoms with Gasteiger partial charge in [-0.1, -0.05) is 30.3 Å². The van der Waals surface area contributed by atoms with Crippen LogP contribution < -0.4 is 16.0 Å². The number of imide groups is 1. The van der Waals surface area contributed by atoms with Crippen LogP contribution in [-0.4, -0.2) is 59.6 Å². The summed E-state index contributed by atoms with van der Waals surface area (Å²) < 4.78 is 0. The molecule has 2 aliphatic rings. The Hall–Kier alpha value is -1.88. The Kier molecular flexibility index (Phi) is 8.26. The Morgan fingerprint density at radius 3 is 2.52 bits per heavy atom. The Morgan fingerprint density at radius 2 is 1.97 bits per heavy atom. The van der Waals surface area contributed by atoms with Crippen molar-refractivity contribution in [2.75, 3.05) is 26.2 Å². The number of benzene rings is 1. The number of urea groups is 1. The average molecular weight is 515 g/mol. The molecule has 29 heavy (non-hydrogen) atoms. The van der Waals surface area contributed by atoms with Crippen LogP contribution in [0.2, 0.25) is 0 Å². The summed E-state index contributed by atoms with van der Waals surface area (Å²) in [5.74, 6) is 0.594. The first-order chi connectivity index (χ1) is 13.4. The Labute approximate surface area is 188 Å². The van der Waals surface area contributed by atoms with Crippen molar-refractivity contribution in [3.8, 4) is 0 Å². The molecule has 1 aromatic rings. The molecule has 2 fully saturated rings. The van der Waals surface area contributed by atoms with Gasteiger partial charge in [-0.3, -0.25) is 15.1 Å². The molecule has 2 saturated heterocycles. The summed E-state index contributed by atoms with van der Waals surface area (Å²) in [4.78, 5) is 30.5. The second-order valence-electron chi connectivity index (χ2n) is 7.49. The highest BCUT2D eigenvalue weighted by Gasteiger charge is 2.48. The smallest absolute Gasteiger partial charge is 0.322 e. The van der Waals surface area contributed by atoms with Crippen LogP contribution in [0.5, 0.6) is 0 Å². The van der Waals surface area contributed by atoms with E-state index in [1.165, 1.54) is 0 Å². The number of guanidine groups is 1. The van der Waals surface area contributed by atoms with Crippen LogP contribution in [0.1, 0.15) is 38.4 Å². The summed E-state index contributed by atoms with van der Waals surface area (Å²) in [7, 11) is 0. The van der Waals surface area contributed by atoms with Crippen LogP contribution in [0.4, 0.5) is 4.79 Å². The fourth-order valence-electron chi connectivity index (χ4n) is 3.89. The summed E-state index contributed by atoms with van der Waals surface area (Å²) in [6, 6.07) is 9.08. The quantitative estimate of drug-likeness (QED) is 0.207. The third-order valence-corrected chi connectivity index (χ3v) is 5.62. The number of hydrogen-bond donors (Lipinski definition) is 4. The lowest BCUT2D eigenvalue weighted by molar-refractivity contribution is -0.125. The topological polar surface area (TPSA) is 106 Å². The minimum atomic E-state index is -0.845. The fraction of sp³-hybridized carbons (Fsp3) is 0.550. The second-order valence-corrected chi connectivity index (χ2v) is 7.49. The van der Waals surface area contributed by atoms with Crippen molar-refractivity contribution in [3.05, 3.63) is 35.9 Å². The van der Waals surface area contributed by atoms with Crippen molar-refractivity contribution in [1.29, 1.82) is 0 Å². The van der Waals surface area contributed by atoms with E-state index in [-0.39, 0.29) is 42.3 Å². The number of halogens is 1. The molecule has 0 bridgehead atoms. The molecule has 0 aromatic heterocycles. The molecule has 0 radical (unpaired) electrons. The van der Waals surface area contributed by atoms with Crippen molar-refractivity contribution in [2.24, 2.45) is 10.9 Å². The minimum absolute atomic E-state index is 0. The number of aliphatic hydroxyl groups excluding tert-OH is 1. The molecule has 160 valence electrons. The number of rotatable bonds is 5. The Bertz CT molecular complexity index is 737. The van der Waals surface area contributed by atoms with E-state index >= 15 is 0 Å². The summed E-state index contributed by atoms with van der Waals surface area (Å²) in [6.45, 7) is 6.28. The first kappa shape index (κ1) is 23.4. The maximum absolute atomic E-state index is 12.2. The van der Waals surface area contributed by atoms with Gasteiger partial charge in [-0.2, -0.15) is 0 Å². The van der Waals surface area contributed by atoms with Gasteiger partial charge in [0, 0.05) is 19.6 Å². The molecule has 8 nitrogen and oxygen atoms in total. The van der Waals surface area contributed by atoms with Crippen LogP contribution in [0.15, 0.2) is 35.3 Å². The molecule has 2 unspecified atom stereocenters. The van der Waals surface area contributed by atoms with Gasteiger partial charge in [-0.15, -0.1) is 24.0 Å². The molecule has 0 saturated carbocycles. The van der Waals surface area contributed by atoms with Crippen molar-refractivity contribution in [1.82, 2.24) is 20.9 Å². The van der Waals surface area contributed by atoms with E-state index in [1.807, 2.05) is 37.3 Å². The summed E-state index contributed by atoms with van der Waals surface area (Å²) in [5, 5.41) is 18.8. The van der Waals surface area contributed by atoms with Gasteiger partial charge in [0.25, 0.3) is 5.91 Å². The summed E-state index contributed by atoms with van der Waals surface area (Å²) in [5.41, 5.74) is -0.000888. The number of likely N-dealkylation sites (tertiary alicyclic amines) is 1. The first-order valence-corrected chi connectivity index (χ1v) is 9.84. The molecule has 0 aliphatic carbocycles. The highest BCUT2D eigenvalue weighted by Crippen LogP contribution is 2.30. The number of aliphatic imine (C=N–C) groups is 1. The first-order valence-electron chi connectivity index (χ1n) is 9.84. The van der Waals surface area contributed by atoms with Crippen molar-refractivity contribution >= 4 is 41.9 Å². The zero-order valence-corrected chi connectivity index (χ0v) is 19.2. The number of aliphatic hydroxyl groups is 1. The molecule has 9 heteroatoms. The van der Waals surface area contributed by atoms with Crippen LogP contribution in [0.25, 0.3) is 0 Å². The van der Waals surface area contributed by atoms with Gasteiger partial charge in [0.15, 0.2) is 5.96 Å². The van der Waals surface area contributed by atoms with E-state index in [0.29, 0.717) is 0 Å². The maximum Gasteiger partial charge on any atom is 0.322 e. The van der Waals surface area contributed by atoms with Gasteiger partial charge in [0.05, 0.1) is 12.6 Å². The summed E-state index contributed by atoms with van der Waals surface area (Å²) >= 11 is 0.